The topological polar surface area (TPSA) is 70.1 Å². The van der Waals surface area contributed by atoms with Gasteiger partial charge in [-0.3, -0.25) is 4.79 Å². The average Bonchev–Trinajstić information content (AvgIpc) is 2.36. The van der Waals surface area contributed by atoms with Crippen molar-refractivity contribution in [2.24, 2.45) is 5.73 Å². The SMILES string of the molecule is CN(CCC#N)C(=O)c1ccccc1CCN. The molecule has 1 aromatic carbocycles. The molecule has 17 heavy (non-hydrogen) atoms. The lowest BCUT2D eigenvalue weighted by Crippen LogP contribution is -2.28. The molecule has 4 heteroatoms. The Kier molecular flexibility index (Phi) is 5.18. The van der Waals surface area contributed by atoms with Crippen LogP contribution in [0.25, 0.3) is 0 Å². The molecule has 2 N–H and O–H groups in total. The maximum atomic E-state index is 12.1. The Labute approximate surface area is 102 Å². The van der Waals surface area contributed by atoms with E-state index in [1.807, 2.05) is 24.3 Å². The molecule has 1 amide bonds. The summed E-state index contributed by atoms with van der Waals surface area (Å²) in [5.41, 5.74) is 7.16. The first-order valence-corrected chi connectivity index (χ1v) is 5.61. The number of nitriles is 1. The molecule has 0 radical (unpaired) electrons. The van der Waals surface area contributed by atoms with Gasteiger partial charge in [-0.25, -0.2) is 0 Å². The molecule has 0 aliphatic heterocycles. The van der Waals surface area contributed by atoms with Gasteiger partial charge in [0.2, 0.25) is 0 Å². The van der Waals surface area contributed by atoms with Crippen LogP contribution in [0.3, 0.4) is 0 Å². The van der Waals surface area contributed by atoms with Gasteiger partial charge in [-0.15, -0.1) is 0 Å². The van der Waals surface area contributed by atoms with E-state index in [9.17, 15) is 4.79 Å². The molecule has 0 saturated heterocycles. The summed E-state index contributed by atoms with van der Waals surface area (Å²) in [7, 11) is 1.71. The van der Waals surface area contributed by atoms with Crippen LogP contribution in [-0.2, 0) is 6.42 Å². The minimum Gasteiger partial charge on any atom is -0.341 e. The van der Waals surface area contributed by atoms with Gasteiger partial charge in [-0.1, -0.05) is 18.2 Å². The molecule has 1 aromatic rings. The van der Waals surface area contributed by atoms with Crippen molar-refractivity contribution in [1.82, 2.24) is 4.90 Å². The Bertz CT molecular complexity index is 423. The van der Waals surface area contributed by atoms with E-state index < -0.39 is 0 Å². The molecule has 0 spiro atoms. The predicted molar refractivity (Wildman–Crippen MR) is 66.4 cm³/mol. The summed E-state index contributed by atoms with van der Waals surface area (Å²) in [6.45, 7) is 0.971. The van der Waals surface area contributed by atoms with Gasteiger partial charge in [-0.05, 0) is 24.6 Å². The Morgan fingerprint density at radius 3 is 2.82 bits per heavy atom. The number of rotatable bonds is 5. The Hall–Kier alpha value is -1.86. The van der Waals surface area contributed by atoms with Gasteiger partial charge in [-0.2, -0.15) is 5.26 Å². The molecule has 0 fully saturated rings. The highest BCUT2D eigenvalue weighted by Crippen LogP contribution is 2.11. The zero-order valence-corrected chi connectivity index (χ0v) is 10.0. The van der Waals surface area contributed by atoms with E-state index in [0.29, 0.717) is 31.5 Å². The summed E-state index contributed by atoms with van der Waals surface area (Å²) >= 11 is 0. The molecule has 0 bridgehead atoms. The van der Waals surface area contributed by atoms with Gasteiger partial charge in [0, 0.05) is 19.2 Å². The second kappa shape index (κ2) is 6.66. The van der Waals surface area contributed by atoms with Crippen LogP contribution in [0.15, 0.2) is 24.3 Å². The van der Waals surface area contributed by atoms with E-state index >= 15 is 0 Å². The molecule has 0 atom stereocenters. The van der Waals surface area contributed by atoms with Crippen LogP contribution in [0.2, 0.25) is 0 Å². The van der Waals surface area contributed by atoms with Crippen molar-refractivity contribution >= 4 is 5.91 Å². The largest absolute Gasteiger partial charge is 0.341 e. The third kappa shape index (κ3) is 3.58. The van der Waals surface area contributed by atoms with Crippen LogP contribution in [0.1, 0.15) is 22.3 Å². The first kappa shape index (κ1) is 13.2. The van der Waals surface area contributed by atoms with Crippen molar-refractivity contribution in [3.8, 4) is 6.07 Å². The summed E-state index contributed by atoms with van der Waals surface area (Å²) in [5, 5.41) is 8.50. The fourth-order valence-corrected chi connectivity index (χ4v) is 1.63. The summed E-state index contributed by atoms with van der Waals surface area (Å²) in [6.07, 6.45) is 1.04. The standard InChI is InChI=1S/C13H17N3O/c1-16(10-4-8-14)13(17)12-6-3-2-5-11(12)7-9-15/h2-3,5-6H,4,7,9-10,15H2,1H3. The zero-order chi connectivity index (χ0) is 12.7. The number of amides is 1. The van der Waals surface area contributed by atoms with E-state index in [4.69, 9.17) is 11.0 Å². The fourth-order valence-electron chi connectivity index (χ4n) is 1.63. The first-order chi connectivity index (χ1) is 8.20. The molecule has 4 nitrogen and oxygen atoms in total. The highest BCUT2D eigenvalue weighted by molar-refractivity contribution is 5.95. The van der Waals surface area contributed by atoms with Crippen LogP contribution in [0.5, 0.6) is 0 Å². The van der Waals surface area contributed by atoms with E-state index in [1.54, 1.807) is 18.0 Å². The Balaban J connectivity index is 2.84. The zero-order valence-electron chi connectivity index (χ0n) is 10.0. The van der Waals surface area contributed by atoms with Gasteiger partial charge < -0.3 is 10.6 Å². The molecule has 0 aliphatic rings. The Morgan fingerprint density at radius 1 is 1.47 bits per heavy atom. The molecular formula is C13H17N3O. The van der Waals surface area contributed by atoms with Crippen molar-refractivity contribution in [3.63, 3.8) is 0 Å². The maximum absolute atomic E-state index is 12.1. The Morgan fingerprint density at radius 2 is 2.18 bits per heavy atom. The maximum Gasteiger partial charge on any atom is 0.253 e. The number of hydrogen-bond acceptors (Lipinski definition) is 3. The molecule has 90 valence electrons. The highest BCUT2D eigenvalue weighted by Gasteiger charge is 2.14. The normalized spacial score (nSPS) is 9.71. The van der Waals surface area contributed by atoms with Crippen LogP contribution >= 0.6 is 0 Å². The third-order valence-corrected chi connectivity index (χ3v) is 2.57. The number of nitrogens with two attached hydrogens (primary N) is 1. The van der Waals surface area contributed by atoms with Gasteiger partial charge in [0.25, 0.3) is 5.91 Å². The molecule has 0 unspecified atom stereocenters. The fraction of sp³-hybridized carbons (Fsp3) is 0.385. The third-order valence-electron chi connectivity index (χ3n) is 2.57. The molecule has 0 saturated carbocycles. The van der Waals surface area contributed by atoms with E-state index in [0.717, 1.165) is 5.56 Å². The smallest absolute Gasteiger partial charge is 0.253 e. The van der Waals surface area contributed by atoms with Crippen molar-refractivity contribution in [2.75, 3.05) is 20.1 Å². The lowest BCUT2D eigenvalue weighted by atomic mass is 10.0. The first-order valence-electron chi connectivity index (χ1n) is 5.61. The number of carbonyl (C=O) groups is 1. The molecule has 0 aliphatic carbocycles. The molecular weight excluding hydrogens is 214 g/mol. The van der Waals surface area contributed by atoms with Crippen LogP contribution in [0.4, 0.5) is 0 Å². The lowest BCUT2D eigenvalue weighted by Gasteiger charge is -2.17. The summed E-state index contributed by atoms with van der Waals surface area (Å²) in [6, 6.07) is 9.49. The predicted octanol–water partition coefficient (Wildman–Crippen LogP) is 1.17. The molecule has 0 heterocycles. The summed E-state index contributed by atoms with van der Waals surface area (Å²) in [5.74, 6) is -0.0516. The second-order valence-electron chi connectivity index (χ2n) is 3.83. The van der Waals surface area contributed by atoms with Gasteiger partial charge in [0.15, 0.2) is 0 Å². The van der Waals surface area contributed by atoms with Crippen molar-refractivity contribution < 1.29 is 4.79 Å². The van der Waals surface area contributed by atoms with Crippen LogP contribution in [0, 0.1) is 11.3 Å². The number of carbonyl (C=O) groups excluding carboxylic acids is 1. The van der Waals surface area contributed by atoms with Crippen molar-refractivity contribution in [2.45, 2.75) is 12.8 Å². The van der Waals surface area contributed by atoms with Gasteiger partial charge >= 0.3 is 0 Å². The van der Waals surface area contributed by atoms with Gasteiger partial charge in [0.05, 0.1) is 12.5 Å². The average molecular weight is 231 g/mol. The highest BCUT2D eigenvalue weighted by atomic mass is 16.2. The van der Waals surface area contributed by atoms with E-state index in [-0.39, 0.29) is 5.91 Å². The van der Waals surface area contributed by atoms with E-state index in [1.165, 1.54) is 0 Å². The minimum atomic E-state index is -0.0516. The van der Waals surface area contributed by atoms with Crippen molar-refractivity contribution in [1.29, 1.82) is 5.26 Å². The van der Waals surface area contributed by atoms with Crippen LogP contribution < -0.4 is 5.73 Å². The number of benzene rings is 1. The van der Waals surface area contributed by atoms with E-state index in [2.05, 4.69) is 0 Å². The van der Waals surface area contributed by atoms with Gasteiger partial charge in [0.1, 0.15) is 0 Å². The monoisotopic (exact) mass is 231 g/mol. The quantitative estimate of drug-likeness (QED) is 0.827. The molecule has 1 rings (SSSR count). The second-order valence-corrected chi connectivity index (χ2v) is 3.83. The number of nitrogens with zero attached hydrogens (tertiary/aromatic N) is 2. The minimum absolute atomic E-state index is 0.0516. The summed E-state index contributed by atoms with van der Waals surface area (Å²) < 4.78 is 0. The lowest BCUT2D eigenvalue weighted by molar-refractivity contribution is 0.0797. The number of hydrogen-bond donors (Lipinski definition) is 1. The van der Waals surface area contributed by atoms with Crippen LogP contribution in [-0.4, -0.2) is 30.9 Å². The summed E-state index contributed by atoms with van der Waals surface area (Å²) in [4.78, 5) is 13.7. The van der Waals surface area contributed by atoms with Crippen molar-refractivity contribution in [3.05, 3.63) is 35.4 Å². The molecule has 0 aromatic heterocycles.